The van der Waals surface area contributed by atoms with E-state index in [-0.39, 0.29) is 11.7 Å². The van der Waals surface area contributed by atoms with Crippen LogP contribution in [-0.2, 0) is 0 Å². The number of carbonyl (C=O) groups is 1. The maximum Gasteiger partial charge on any atom is 0.259 e. The second-order valence-corrected chi connectivity index (χ2v) is 5.29. The Morgan fingerprint density at radius 2 is 1.83 bits per heavy atom. The summed E-state index contributed by atoms with van der Waals surface area (Å²) in [6, 6.07) is 13.0. The van der Waals surface area contributed by atoms with Crippen LogP contribution >= 0.6 is 0 Å². The summed E-state index contributed by atoms with van der Waals surface area (Å²) in [6.07, 6.45) is 1.63. The molecule has 3 rings (SSSR count). The van der Waals surface area contributed by atoms with Crippen LogP contribution in [-0.4, -0.2) is 30.3 Å². The summed E-state index contributed by atoms with van der Waals surface area (Å²) in [5, 5.41) is 0. The molecule has 0 spiro atoms. The van der Waals surface area contributed by atoms with Crippen molar-refractivity contribution < 1.29 is 13.9 Å². The van der Waals surface area contributed by atoms with Crippen LogP contribution < -0.4 is 4.74 Å². The Morgan fingerprint density at radius 3 is 2.48 bits per heavy atom. The zero-order valence-corrected chi connectivity index (χ0v) is 12.8. The minimum Gasteiger partial charge on any atom is -0.497 e. The van der Waals surface area contributed by atoms with Gasteiger partial charge in [-0.1, -0.05) is 0 Å². The van der Waals surface area contributed by atoms with Crippen LogP contribution in [0.25, 0.3) is 0 Å². The van der Waals surface area contributed by atoms with Crippen molar-refractivity contribution in [2.45, 2.75) is 12.8 Å². The van der Waals surface area contributed by atoms with E-state index in [0.717, 1.165) is 30.1 Å². The summed E-state index contributed by atoms with van der Waals surface area (Å²) in [6.45, 7) is 0.630. The highest BCUT2D eigenvalue weighted by atomic mass is 19.1. The predicted octanol–water partition coefficient (Wildman–Crippen LogP) is 3.80. The van der Waals surface area contributed by atoms with Gasteiger partial charge in [0.05, 0.1) is 12.8 Å². The van der Waals surface area contributed by atoms with E-state index in [1.54, 1.807) is 12.0 Å². The van der Waals surface area contributed by atoms with Gasteiger partial charge in [-0.05, 0) is 55.0 Å². The molecule has 0 radical (unpaired) electrons. The Kier molecular flexibility index (Phi) is 4.37. The number of nitrogens with zero attached hydrogens (tertiary/aromatic N) is 2. The lowest BCUT2D eigenvalue weighted by molar-refractivity contribution is 0.0857. The molecule has 5 heteroatoms. The minimum atomic E-state index is -0.352. The van der Waals surface area contributed by atoms with Crippen LogP contribution in [0.1, 0.15) is 23.2 Å². The SMILES string of the molecule is COc1ccc(N=C2CCCN2C(=O)c2ccc(F)cc2)cc1. The van der Waals surface area contributed by atoms with E-state index in [0.29, 0.717) is 12.1 Å². The van der Waals surface area contributed by atoms with E-state index in [4.69, 9.17) is 4.74 Å². The number of hydrogen-bond acceptors (Lipinski definition) is 3. The Hall–Kier alpha value is -2.69. The molecule has 4 nitrogen and oxygen atoms in total. The van der Waals surface area contributed by atoms with Crippen molar-refractivity contribution in [3.8, 4) is 5.75 Å². The zero-order chi connectivity index (χ0) is 16.2. The molecular formula is C18H17FN2O2. The molecule has 1 heterocycles. The fourth-order valence-corrected chi connectivity index (χ4v) is 2.55. The predicted molar refractivity (Wildman–Crippen MR) is 86.8 cm³/mol. The third-order valence-electron chi connectivity index (χ3n) is 3.76. The lowest BCUT2D eigenvalue weighted by Gasteiger charge is -2.17. The Morgan fingerprint density at radius 1 is 1.13 bits per heavy atom. The molecule has 1 amide bonds. The zero-order valence-electron chi connectivity index (χ0n) is 12.8. The Labute approximate surface area is 134 Å². The van der Waals surface area contributed by atoms with Crippen LogP contribution in [0.3, 0.4) is 0 Å². The fourth-order valence-electron chi connectivity index (χ4n) is 2.55. The van der Waals surface area contributed by atoms with Gasteiger partial charge in [-0.15, -0.1) is 0 Å². The number of benzene rings is 2. The van der Waals surface area contributed by atoms with E-state index in [1.807, 2.05) is 24.3 Å². The van der Waals surface area contributed by atoms with Crippen molar-refractivity contribution in [1.29, 1.82) is 0 Å². The maximum atomic E-state index is 13.0. The highest BCUT2D eigenvalue weighted by Crippen LogP contribution is 2.22. The summed E-state index contributed by atoms with van der Waals surface area (Å²) in [7, 11) is 1.61. The summed E-state index contributed by atoms with van der Waals surface area (Å²) in [5.74, 6) is 1.01. The summed E-state index contributed by atoms with van der Waals surface area (Å²) in [5.41, 5.74) is 1.25. The first-order chi connectivity index (χ1) is 11.2. The molecule has 1 saturated heterocycles. The summed E-state index contributed by atoms with van der Waals surface area (Å²) in [4.78, 5) is 18.8. The quantitative estimate of drug-likeness (QED) is 0.865. The van der Waals surface area contributed by atoms with Crippen LogP contribution in [0.5, 0.6) is 5.75 Å². The third-order valence-corrected chi connectivity index (χ3v) is 3.76. The molecule has 0 atom stereocenters. The molecule has 1 fully saturated rings. The first-order valence-electron chi connectivity index (χ1n) is 7.46. The number of methoxy groups -OCH3 is 1. The third kappa shape index (κ3) is 3.39. The average molecular weight is 312 g/mol. The molecule has 0 unspecified atom stereocenters. The van der Waals surface area contributed by atoms with Gasteiger partial charge in [0, 0.05) is 18.5 Å². The minimum absolute atomic E-state index is 0.144. The molecule has 0 bridgehead atoms. The molecule has 118 valence electrons. The number of likely N-dealkylation sites (tertiary alicyclic amines) is 1. The number of amidine groups is 1. The first kappa shape index (κ1) is 15.2. The summed E-state index contributed by atoms with van der Waals surface area (Å²) < 4.78 is 18.1. The normalized spacial score (nSPS) is 15.9. The van der Waals surface area contributed by atoms with Crippen molar-refractivity contribution in [2.75, 3.05) is 13.7 Å². The number of amides is 1. The molecular weight excluding hydrogens is 295 g/mol. The molecule has 2 aromatic rings. The Balaban J connectivity index is 1.82. The van der Waals surface area contributed by atoms with Gasteiger partial charge >= 0.3 is 0 Å². The Bertz CT molecular complexity index is 724. The van der Waals surface area contributed by atoms with Crippen molar-refractivity contribution in [3.05, 3.63) is 59.9 Å². The van der Waals surface area contributed by atoms with Crippen LogP contribution in [0.2, 0.25) is 0 Å². The number of rotatable bonds is 3. The summed E-state index contributed by atoms with van der Waals surface area (Å²) >= 11 is 0. The second kappa shape index (κ2) is 6.60. The van der Waals surface area contributed by atoms with Gasteiger partial charge in [0.15, 0.2) is 0 Å². The number of halogens is 1. The van der Waals surface area contributed by atoms with Crippen LogP contribution in [0.15, 0.2) is 53.5 Å². The van der Waals surface area contributed by atoms with Gasteiger partial charge < -0.3 is 4.74 Å². The molecule has 0 aromatic heterocycles. The van der Waals surface area contributed by atoms with E-state index in [9.17, 15) is 9.18 Å². The second-order valence-electron chi connectivity index (χ2n) is 5.29. The molecule has 0 saturated carbocycles. The first-order valence-corrected chi connectivity index (χ1v) is 7.46. The average Bonchev–Trinajstić information content (AvgIpc) is 3.04. The van der Waals surface area contributed by atoms with Crippen molar-refractivity contribution in [2.24, 2.45) is 4.99 Å². The molecule has 0 aliphatic carbocycles. The topological polar surface area (TPSA) is 41.9 Å². The lowest BCUT2D eigenvalue weighted by atomic mass is 10.2. The highest BCUT2D eigenvalue weighted by Gasteiger charge is 2.25. The van der Waals surface area contributed by atoms with Gasteiger partial charge in [-0.3, -0.25) is 9.69 Å². The smallest absolute Gasteiger partial charge is 0.259 e. The standard InChI is InChI=1S/C18H17FN2O2/c1-23-16-10-8-15(9-11-16)20-17-3-2-12-21(17)18(22)13-4-6-14(19)7-5-13/h4-11H,2-3,12H2,1H3. The van der Waals surface area contributed by atoms with Gasteiger partial charge in [-0.2, -0.15) is 0 Å². The molecule has 23 heavy (non-hydrogen) atoms. The van der Waals surface area contributed by atoms with E-state index in [2.05, 4.69) is 4.99 Å². The monoisotopic (exact) mass is 312 g/mol. The van der Waals surface area contributed by atoms with Gasteiger partial charge in [0.2, 0.25) is 0 Å². The number of carbonyl (C=O) groups excluding carboxylic acids is 1. The van der Waals surface area contributed by atoms with E-state index >= 15 is 0 Å². The molecule has 1 aliphatic heterocycles. The van der Waals surface area contributed by atoms with Crippen LogP contribution in [0, 0.1) is 5.82 Å². The van der Waals surface area contributed by atoms with E-state index < -0.39 is 0 Å². The fraction of sp³-hybridized carbons (Fsp3) is 0.222. The van der Waals surface area contributed by atoms with Gasteiger partial charge in [0.25, 0.3) is 5.91 Å². The number of aliphatic imine (C=N–C) groups is 1. The largest absolute Gasteiger partial charge is 0.497 e. The highest BCUT2D eigenvalue weighted by molar-refractivity contribution is 6.07. The number of ether oxygens (including phenoxy) is 1. The maximum absolute atomic E-state index is 13.0. The van der Waals surface area contributed by atoms with Crippen molar-refractivity contribution >= 4 is 17.4 Å². The van der Waals surface area contributed by atoms with Crippen LogP contribution in [0.4, 0.5) is 10.1 Å². The van der Waals surface area contributed by atoms with Gasteiger partial charge in [-0.25, -0.2) is 9.38 Å². The lowest BCUT2D eigenvalue weighted by Crippen LogP contribution is -2.31. The number of hydrogen-bond donors (Lipinski definition) is 0. The van der Waals surface area contributed by atoms with Gasteiger partial charge in [0.1, 0.15) is 17.4 Å². The van der Waals surface area contributed by atoms with E-state index in [1.165, 1.54) is 24.3 Å². The molecule has 1 aliphatic rings. The molecule has 2 aromatic carbocycles. The molecule has 0 N–H and O–H groups in total. The van der Waals surface area contributed by atoms with Crippen molar-refractivity contribution in [1.82, 2.24) is 4.90 Å². The van der Waals surface area contributed by atoms with Crippen molar-refractivity contribution in [3.63, 3.8) is 0 Å².